The Morgan fingerprint density at radius 2 is 1.70 bits per heavy atom. The third-order valence-electron chi connectivity index (χ3n) is 3.92. The van der Waals surface area contributed by atoms with E-state index in [0.29, 0.717) is 13.1 Å². The van der Waals surface area contributed by atoms with E-state index in [1.165, 1.54) is 5.56 Å². The maximum absolute atomic E-state index is 12.3. The number of hydrogen-bond donors (Lipinski definition) is 0. The molecule has 1 aromatic carbocycles. The van der Waals surface area contributed by atoms with Gasteiger partial charge in [0, 0.05) is 44.6 Å². The van der Waals surface area contributed by atoms with Gasteiger partial charge in [-0.1, -0.05) is 29.8 Å². The minimum Gasteiger partial charge on any atom is -0.337 e. The van der Waals surface area contributed by atoms with Crippen molar-refractivity contribution in [3.05, 3.63) is 59.9 Å². The van der Waals surface area contributed by atoms with E-state index < -0.39 is 0 Å². The zero-order chi connectivity index (χ0) is 16.1. The summed E-state index contributed by atoms with van der Waals surface area (Å²) in [5.41, 5.74) is 2.26. The van der Waals surface area contributed by atoms with Gasteiger partial charge < -0.3 is 9.80 Å². The molecule has 1 aromatic heterocycles. The second kappa shape index (κ2) is 7.05. The summed E-state index contributed by atoms with van der Waals surface area (Å²) in [4.78, 5) is 24.7. The molecule has 0 atom stereocenters. The normalized spacial score (nSPS) is 15.2. The summed E-state index contributed by atoms with van der Waals surface area (Å²) in [5, 5.41) is 0. The summed E-state index contributed by atoms with van der Waals surface area (Å²) in [6, 6.07) is 9.93. The number of carbonyl (C=O) groups excluding carboxylic acids is 1. The number of aromatic nitrogens is 2. The highest BCUT2D eigenvalue weighted by Crippen LogP contribution is 2.11. The predicted molar refractivity (Wildman–Crippen MR) is 91.0 cm³/mol. The number of carbonyl (C=O) groups is 1. The SMILES string of the molecule is Cc1ccc(/C=C/C(=O)N2CCN(c3ncccn3)CC2)cc1. The van der Waals surface area contributed by atoms with Crippen molar-refractivity contribution < 1.29 is 4.79 Å². The van der Waals surface area contributed by atoms with E-state index in [2.05, 4.69) is 21.8 Å². The van der Waals surface area contributed by atoms with Crippen LogP contribution in [-0.2, 0) is 4.79 Å². The topological polar surface area (TPSA) is 49.3 Å². The summed E-state index contributed by atoms with van der Waals surface area (Å²) in [6.45, 7) is 4.95. The molecular formula is C18H20N4O. The van der Waals surface area contributed by atoms with E-state index in [1.54, 1.807) is 24.5 Å². The Kier molecular flexibility index (Phi) is 4.66. The molecule has 0 aliphatic carbocycles. The van der Waals surface area contributed by atoms with Gasteiger partial charge in [0.1, 0.15) is 0 Å². The molecule has 1 aliphatic heterocycles. The van der Waals surface area contributed by atoms with Gasteiger partial charge in [0.15, 0.2) is 0 Å². The lowest BCUT2D eigenvalue weighted by molar-refractivity contribution is -0.126. The summed E-state index contributed by atoms with van der Waals surface area (Å²) < 4.78 is 0. The van der Waals surface area contributed by atoms with Crippen molar-refractivity contribution in [1.82, 2.24) is 14.9 Å². The molecule has 0 N–H and O–H groups in total. The molecule has 1 aliphatic rings. The molecule has 2 heterocycles. The molecule has 1 amide bonds. The van der Waals surface area contributed by atoms with Gasteiger partial charge in [0.25, 0.3) is 0 Å². The number of benzene rings is 1. The van der Waals surface area contributed by atoms with Crippen LogP contribution in [0.5, 0.6) is 0 Å². The Labute approximate surface area is 136 Å². The Bertz CT molecular complexity index is 674. The number of hydrogen-bond acceptors (Lipinski definition) is 4. The number of nitrogens with zero attached hydrogens (tertiary/aromatic N) is 4. The van der Waals surface area contributed by atoms with Crippen molar-refractivity contribution in [2.24, 2.45) is 0 Å². The number of amides is 1. The fraction of sp³-hybridized carbons (Fsp3) is 0.278. The average molecular weight is 308 g/mol. The maximum Gasteiger partial charge on any atom is 0.246 e. The molecule has 118 valence electrons. The highest BCUT2D eigenvalue weighted by Gasteiger charge is 2.20. The van der Waals surface area contributed by atoms with Gasteiger partial charge >= 0.3 is 0 Å². The van der Waals surface area contributed by atoms with Crippen LogP contribution in [-0.4, -0.2) is 47.0 Å². The zero-order valence-corrected chi connectivity index (χ0v) is 13.2. The molecule has 1 fully saturated rings. The number of anilines is 1. The molecule has 0 saturated carbocycles. The molecule has 0 bridgehead atoms. The smallest absolute Gasteiger partial charge is 0.246 e. The van der Waals surface area contributed by atoms with E-state index in [9.17, 15) is 4.79 Å². The Hall–Kier alpha value is -2.69. The molecule has 0 radical (unpaired) electrons. The third kappa shape index (κ3) is 3.94. The van der Waals surface area contributed by atoms with Crippen LogP contribution in [0.25, 0.3) is 6.08 Å². The van der Waals surface area contributed by atoms with Gasteiger partial charge in [0.05, 0.1) is 0 Å². The second-order valence-corrected chi connectivity index (χ2v) is 5.61. The molecule has 2 aromatic rings. The highest BCUT2D eigenvalue weighted by atomic mass is 16.2. The summed E-state index contributed by atoms with van der Waals surface area (Å²) >= 11 is 0. The lowest BCUT2D eigenvalue weighted by Crippen LogP contribution is -2.48. The number of aryl methyl sites for hydroxylation is 1. The van der Waals surface area contributed by atoms with Gasteiger partial charge in [-0.3, -0.25) is 4.79 Å². The Balaban J connectivity index is 1.55. The van der Waals surface area contributed by atoms with E-state index in [-0.39, 0.29) is 5.91 Å². The fourth-order valence-electron chi connectivity index (χ4n) is 2.53. The van der Waals surface area contributed by atoms with Crippen molar-refractivity contribution >= 4 is 17.9 Å². The van der Waals surface area contributed by atoms with Crippen LogP contribution in [0.4, 0.5) is 5.95 Å². The van der Waals surface area contributed by atoms with Crippen molar-refractivity contribution in [2.45, 2.75) is 6.92 Å². The van der Waals surface area contributed by atoms with Crippen LogP contribution in [0.2, 0.25) is 0 Å². The minimum absolute atomic E-state index is 0.0548. The fourth-order valence-corrected chi connectivity index (χ4v) is 2.53. The summed E-state index contributed by atoms with van der Waals surface area (Å²) in [6.07, 6.45) is 7.00. The first-order chi connectivity index (χ1) is 11.2. The van der Waals surface area contributed by atoms with Crippen molar-refractivity contribution in [3.8, 4) is 0 Å². The van der Waals surface area contributed by atoms with Gasteiger partial charge in [-0.2, -0.15) is 0 Å². The summed E-state index contributed by atoms with van der Waals surface area (Å²) in [7, 11) is 0. The first-order valence-electron chi connectivity index (χ1n) is 7.78. The Morgan fingerprint density at radius 1 is 1.04 bits per heavy atom. The predicted octanol–water partition coefficient (Wildman–Crippen LogP) is 2.15. The van der Waals surface area contributed by atoms with E-state index in [4.69, 9.17) is 0 Å². The minimum atomic E-state index is 0.0548. The quantitative estimate of drug-likeness (QED) is 0.815. The lowest BCUT2D eigenvalue weighted by Gasteiger charge is -2.34. The van der Waals surface area contributed by atoms with Crippen LogP contribution in [0.3, 0.4) is 0 Å². The first-order valence-corrected chi connectivity index (χ1v) is 7.78. The summed E-state index contributed by atoms with van der Waals surface area (Å²) in [5.74, 6) is 0.786. The van der Waals surface area contributed by atoms with Crippen molar-refractivity contribution in [2.75, 3.05) is 31.1 Å². The zero-order valence-electron chi connectivity index (χ0n) is 13.2. The molecule has 23 heavy (non-hydrogen) atoms. The van der Waals surface area contributed by atoms with Gasteiger partial charge in [-0.05, 0) is 24.6 Å². The van der Waals surface area contributed by atoms with Crippen molar-refractivity contribution in [1.29, 1.82) is 0 Å². The first kappa shape index (κ1) is 15.2. The standard InChI is InChI=1S/C18H20N4O/c1-15-3-5-16(6-4-15)7-8-17(23)21-11-13-22(14-12-21)18-19-9-2-10-20-18/h2-10H,11-14H2,1H3/b8-7+. The van der Waals surface area contributed by atoms with Crippen LogP contribution in [0.15, 0.2) is 48.8 Å². The van der Waals surface area contributed by atoms with E-state index in [0.717, 1.165) is 24.6 Å². The highest BCUT2D eigenvalue weighted by molar-refractivity contribution is 5.91. The molecule has 3 rings (SSSR count). The van der Waals surface area contributed by atoms with Gasteiger partial charge in [0.2, 0.25) is 11.9 Å². The number of rotatable bonds is 3. The Morgan fingerprint density at radius 3 is 2.35 bits per heavy atom. The maximum atomic E-state index is 12.3. The monoisotopic (exact) mass is 308 g/mol. The van der Waals surface area contributed by atoms with Crippen LogP contribution >= 0.6 is 0 Å². The van der Waals surface area contributed by atoms with Gasteiger partial charge in [-0.15, -0.1) is 0 Å². The molecule has 0 unspecified atom stereocenters. The second-order valence-electron chi connectivity index (χ2n) is 5.61. The molecule has 0 spiro atoms. The third-order valence-corrected chi connectivity index (χ3v) is 3.92. The number of piperazine rings is 1. The van der Waals surface area contributed by atoms with Crippen molar-refractivity contribution in [3.63, 3.8) is 0 Å². The van der Waals surface area contributed by atoms with Crippen LogP contribution in [0.1, 0.15) is 11.1 Å². The largest absolute Gasteiger partial charge is 0.337 e. The molecular weight excluding hydrogens is 288 g/mol. The van der Waals surface area contributed by atoms with E-state index >= 15 is 0 Å². The van der Waals surface area contributed by atoms with E-state index in [1.807, 2.05) is 35.2 Å². The molecule has 5 nitrogen and oxygen atoms in total. The molecule has 5 heteroatoms. The van der Waals surface area contributed by atoms with Crippen LogP contribution in [0, 0.1) is 6.92 Å². The van der Waals surface area contributed by atoms with Crippen LogP contribution < -0.4 is 4.90 Å². The van der Waals surface area contributed by atoms with Gasteiger partial charge in [-0.25, -0.2) is 9.97 Å². The lowest BCUT2D eigenvalue weighted by atomic mass is 10.1. The molecule has 1 saturated heterocycles. The average Bonchev–Trinajstić information content (AvgIpc) is 2.62.